The van der Waals surface area contributed by atoms with Crippen LogP contribution in [0.15, 0.2) is 6.33 Å². The third kappa shape index (κ3) is 1.80. The van der Waals surface area contributed by atoms with E-state index in [0.717, 1.165) is 12.8 Å². The number of carbonyl (C=O) groups is 2. The highest BCUT2D eigenvalue weighted by Crippen LogP contribution is 2.45. The molecule has 7 heteroatoms. The Morgan fingerprint density at radius 2 is 2.15 bits per heavy atom. The second kappa shape index (κ2) is 4.29. The molecule has 1 saturated heterocycles. The molecule has 2 fully saturated rings. The molecule has 2 atom stereocenters. The van der Waals surface area contributed by atoms with Crippen molar-refractivity contribution in [1.82, 2.24) is 25.0 Å². The van der Waals surface area contributed by atoms with Crippen molar-refractivity contribution in [3.63, 3.8) is 0 Å². The predicted octanol–water partition coefficient (Wildman–Crippen LogP) is -0.169. The van der Waals surface area contributed by atoms with Gasteiger partial charge in [-0.25, -0.2) is 4.98 Å². The summed E-state index contributed by atoms with van der Waals surface area (Å²) in [6.07, 6.45) is 3.43. The number of hydrogen-bond donors (Lipinski definition) is 1. The Labute approximate surface area is 117 Å². The summed E-state index contributed by atoms with van der Waals surface area (Å²) in [5.41, 5.74) is -0.768. The average Bonchev–Trinajstić information content (AvgIpc) is 3.18. The van der Waals surface area contributed by atoms with Crippen molar-refractivity contribution >= 4 is 11.8 Å². The second-order valence-corrected chi connectivity index (χ2v) is 5.84. The summed E-state index contributed by atoms with van der Waals surface area (Å²) in [4.78, 5) is 30.8. The zero-order valence-corrected chi connectivity index (χ0v) is 12.0. The Morgan fingerprint density at radius 1 is 1.45 bits per heavy atom. The van der Waals surface area contributed by atoms with Crippen LogP contribution in [-0.4, -0.2) is 43.1 Å². The summed E-state index contributed by atoms with van der Waals surface area (Å²) in [6, 6.07) is -0.484. The minimum atomic E-state index is -0.768. The summed E-state index contributed by atoms with van der Waals surface area (Å²) < 4.78 is 1.64. The van der Waals surface area contributed by atoms with E-state index >= 15 is 0 Å². The van der Waals surface area contributed by atoms with Gasteiger partial charge < -0.3 is 10.2 Å². The van der Waals surface area contributed by atoms with Gasteiger partial charge in [-0.05, 0) is 32.6 Å². The number of aryl methyl sites for hydroxylation is 1. The summed E-state index contributed by atoms with van der Waals surface area (Å²) in [5, 5.41) is 6.81. The molecule has 0 radical (unpaired) electrons. The standard InChI is InChI=1S/C13H19N5O2/c1-8-11(19)18(6-10-14-7-15-17(10)3)13(2,9-4-5-9)12(20)16-8/h7-9H,4-6H2,1-3H3,(H,16,20). The largest absolute Gasteiger partial charge is 0.343 e. The first-order valence-electron chi connectivity index (χ1n) is 6.90. The molecule has 1 saturated carbocycles. The summed E-state index contributed by atoms with van der Waals surface area (Å²) in [7, 11) is 1.79. The Balaban J connectivity index is 1.96. The highest BCUT2D eigenvalue weighted by molar-refractivity contribution is 5.99. The molecular formula is C13H19N5O2. The van der Waals surface area contributed by atoms with E-state index in [4.69, 9.17) is 0 Å². The van der Waals surface area contributed by atoms with Crippen molar-refractivity contribution in [3.8, 4) is 0 Å². The molecule has 0 aromatic carbocycles. The van der Waals surface area contributed by atoms with Gasteiger partial charge in [0.2, 0.25) is 11.8 Å². The molecule has 2 heterocycles. The van der Waals surface area contributed by atoms with E-state index in [-0.39, 0.29) is 17.7 Å². The monoisotopic (exact) mass is 277 g/mol. The van der Waals surface area contributed by atoms with Crippen molar-refractivity contribution in [2.75, 3.05) is 0 Å². The van der Waals surface area contributed by atoms with Crippen LogP contribution >= 0.6 is 0 Å². The molecule has 108 valence electrons. The zero-order valence-electron chi connectivity index (χ0n) is 12.0. The lowest BCUT2D eigenvalue weighted by Crippen LogP contribution is -2.69. The maximum absolute atomic E-state index is 12.5. The smallest absolute Gasteiger partial charge is 0.246 e. The Bertz CT molecular complexity index is 565. The molecular weight excluding hydrogens is 258 g/mol. The summed E-state index contributed by atoms with van der Waals surface area (Å²) >= 11 is 0. The zero-order chi connectivity index (χ0) is 14.5. The quantitative estimate of drug-likeness (QED) is 0.832. The van der Waals surface area contributed by atoms with Crippen LogP contribution < -0.4 is 5.32 Å². The van der Waals surface area contributed by atoms with E-state index < -0.39 is 11.6 Å². The molecule has 1 aromatic heterocycles. The minimum absolute atomic E-state index is 0.0537. The van der Waals surface area contributed by atoms with Crippen LogP contribution in [0.4, 0.5) is 0 Å². The van der Waals surface area contributed by atoms with Gasteiger partial charge in [-0.1, -0.05) is 0 Å². The van der Waals surface area contributed by atoms with Gasteiger partial charge in [0.1, 0.15) is 23.7 Å². The number of nitrogens with one attached hydrogen (secondary N) is 1. The molecule has 1 aliphatic heterocycles. The highest BCUT2D eigenvalue weighted by atomic mass is 16.2. The first-order valence-corrected chi connectivity index (χ1v) is 6.90. The van der Waals surface area contributed by atoms with Crippen LogP contribution in [-0.2, 0) is 23.2 Å². The Hall–Kier alpha value is -1.92. The molecule has 3 rings (SSSR count). The number of aromatic nitrogens is 3. The number of hydrogen-bond acceptors (Lipinski definition) is 4. The number of carbonyl (C=O) groups excluding carboxylic acids is 2. The SMILES string of the molecule is CC1NC(=O)C(C)(C2CC2)N(Cc2ncnn2C)C1=O. The van der Waals surface area contributed by atoms with Crippen LogP contribution in [0.1, 0.15) is 32.5 Å². The fourth-order valence-corrected chi connectivity index (χ4v) is 2.89. The van der Waals surface area contributed by atoms with Gasteiger partial charge >= 0.3 is 0 Å². The second-order valence-electron chi connectivity index (χ2n) is 5.84. The van der Waals surface area contributed by atoms with E-state index in [1.165, 1.54) is 6.33 Å². The van der Waals surface area contributed by atoms with Gasteiger partial charge in [0.25, 0.3) is 0 Å². The van der Waals surface area contributed by atoms with E-state index in [1.54, 1.807) is 23.6 Å². The van der Waals surface area contributed by atoms with Crippen molar-refractivity contribution in [2.45, 2.75) is 44.8 Å². The van der Waals surface area contributed by atoms with Crippen molar-refractivity contribution < 1.29 is 9.59 Å². The molecule has 1 aromatic rings. The highest BCUT2D eigenvalue weighted by Gasteiger charge is 2.56. The molecule has 0 bridgehead atoms. The van der Waals surface area contributed by atoms with Crippen molar-refractivity contribution in [1.29, 1.82) is 0 Å². The van der Waals surface area contributed by atoms with E-state index in [9.17, 15) is 9.59 Å². The molecule has 0 spiro atoms. The number of rotatable bonds is 3. The molecule has 2 amide bonds. The molecule has 2 aliphatic rings. The molecule has 2 unspecified atom stereocenters. The van der Waals surface area contributed by atoms with Crippen molar-refractivity contribution in [3.05, 3.63) is 12.2 Å². The van der Waals surface area contributed by atoms with Gasteiger partial charge in [-0.2, -0.15) is 5.10 Å². The first-order chi connectivity index (χ1) is 9.44. The number of piperazine rings is 1. The lowest BCUT2D eigenvalue weighted by atomic mass is 9.88. The Kier molecular flexibility index (Phi) is 2.81. The van der Waals surface area contributed by atoms with Gasteiger partial charge in [-0.15, -0.1) is 0 Å². The lowest BCUT2D eigenvalue weighted by Gasteiger charge is -2.45. The average molecular weight is 277 g/mol. The third-order valence-corrected chi connectivity index (χ3v) is 4.48. The van der Waals surface area contributed by atoms with Gasteiger partial charge in [0, 0.05) is 7.05 Å². The molecule has 1 N–H and O–H groups in total. The predicted molar refractivity (Wildman–Crippen MR) is 70.3 cm³/mol. The van der Waals surface area contributed by atoms with E-state index in [2.05, 4.69) is 15.4 Å². The summed E-state index contributed by atoms with van der Waals surface area (Å²) in [5.74, 6) is 0.815. The maximum atomic E-state index is 12.5. The van der Waals surface area contributed by atoms with Gasteiger partial charge in [0.05, 0.1) is 6.54 Å². The fourth-order valence-electron chi connectivity index (χ4n) is 2.89. The number of nitrogens with zero attached hydrogens (tertiary/aromatic N) is 4. The van der Waals surface area contributed by atoms with Crippen LogP contribution in [0.5, 0.6) is 0 Å². The maximum Gasteiger partial charge on any atom is 0.246 e. The molecule has 20 heavy (non-hydrogen) atoms. The van der Waals surface area contributed by atoms with Crippen molar-refractivity contribution in [2.24, 2.45) is 13.0 Å². The normalized spacial score (nSPS) is 30.6. The topological polar surface area (TPSA) is 80.1 Å². The molecule has 7 nitrogen and oxygen atoms in total. The minimum Gasteiger partial charge on any atom is -0.343 e. The Morgan fingerprint density at radius 3 is 2.70 bits per heavy atom. The van der Waals surface area contributed by atoms with Gasteiger partial charge in [0.15, 0.2) is 0 Å². The third-order valence-electron chi connectivity index (χ3n) is 4.48. The van der Waals surface area contributed by atoms with Crippen LogP contribution in [0.3, 0.4) is 0 Å². The first kappa shape index (κ1) is 13.1. The van der Waals surface area contributed by atoms with E-state index in [1.807, 2.05) is 6.92 Å². The van der Waals surface area contributed by atoms with E-state index in [0.29, 0.717) is 12.4 Å². The fraction of sp³-hybridized carbons (Fsp3) is 0.692. The lowest BCUT2D eigenvalue weighted by molar-refractivity contribution is -0.158. The van der Waals surface area contributed by atoms with Crippen LogP contribution in [0.25, 0.3) is 0 Å². The van der Waals surface area contributed by atoms with Gasteiger partial charge in [-0.3, -0.25) is 14.3 Å². The van der Waals surface area contributed by atoms with Crippen LogP contribution in [0.2, 0.25) is 0 Å². The molecule has 1 aliphatic carbocycles. The summed E-state index contributed by atoms with van der Waals surface area (Å²) in [6.45, 7) is 3.90. The van der Waals surface area contributed by atoms with Crippen LogP contribution in [0, 0.1) is 5.92 Å². The number of amides is 2.